The van der Waals surface area contributed by atoms with Crippen LogP contribution in [0.1, 0.15) is 29.9 Å². The van der Waals surface area contributed by atoms with Crippen LogP contribution in [0.3, 0.4) is 0 Å². The summed E-state index contributed by atoms with van der Waals surface area (Å²) < 4.78 is 0. The average Bonchev–Trinajstić information content (AvgIpc) is 3.07. The molecule has 3 aromatic rings. The lowest BCUT2D eigenvalue weighted by Crippen LogP contribution is -2.29. The first kappa shape index (κ1) is 20.0. The number of H-pyrrole nitrogens is 1. The van der Waals surface area contributed by atoms with Crippen molar-refractivity contribution in [3.63, 3.8) is 0 Å². The molecule has 4 nitrogen and oxygen atoms in total. The van der Waals surface area contributed by atoms with Gasteiger partial charge in [-0.1, -0.05) is 48.5 Å². The molecule has 0 bridgehead atoms. The maximum Gasteiger partial charge on any atom is 0.220 e. The second-order valence-corrected chi connectivity index (χ2v) is 6.26. The molecule has 0 aliphatic rings. The molecular formula is C21H26ClN3O. The van der Waals surface area contributed by atoms with Crippen LogP contribution < -0.4 is 10.6 Å². The zero-order valence-corrected chi connectivity index (χ0v) is 15.8. The van der Waals surface area contributed by atoms with Crippen molar-refractivity contribution >= 4 is 29.2 Å². The minimum absolute atomic E-state index is 0. The zero-order chi connectivity index (χ0) is 17.5. The predicted octanol–water partition coefficient (Wildman–Crippen LogP) is 3.84. The molecule has 1 atom stereocenters. The molecule has 0 spiro atoms. The van der Waals surface area contributed by atoms with Crippen molar-refractivity contribution in [2.75, 3.05) is 20.1 Å². The van der Waals surface area contributed by atoms with Gasteiger partial charge in [-0.15, -0.1) is 12.4 Å². The Morgan fingerprint density at radius 3 is 2.58 bits per heavy atom. The highest BCUT2D eigenvalue weighted by atomic mass is 35.5. The number of rotatable bonds is 8. The molecule has 1 unspecified atom stereocenters. The third kappa shape index (κ3) is 4.87. The van der Waals surface area contributed by atoms with Crippen LogP contribution in [0.2, 0.25) is 0 Å². The van der Waals surface area contributed by atoms with Gasteiger partial charge in [0.2, 0.25) is 5.91 Å². The van der Waals surface area contributed by atoms with Gasteiger partial charge in [0.05, 0.1) is 0 Å². The molecule has 1 heterocycles. The molecule has 0 saturated carbocycles. The molecule has 0 aliphatic carbocycles. The maximum absolute atomic E-state index is 12.1. The highest BCUT2D eigenvalue weighted by Gasteiger charge is 2.18. The number of aromatic amines is 1. The smallest absolute Gasteiger partial charge is 0.220 e. The first-order valence-corrected chi connectivity index (χ1v) is 8.82. The third-order valence-electron chi connectivity index (χ3n) is 4.53. The van der Waals surface area contributed by atoms with Crippen molar-refractivity contribution in [2.45, 2.75) is 18.8 Å². The van der Waals surface area contributed by atoms with Crippen LogP contribution >= 0.6 is 12.4 Å². The fourth-order valence-electron chi connectivity index (χ4n) is 3.20. The number of hydrogen-bond acceptors (Lipinski definition) is 2. The SMILES string of the molecule is CNCCCC(=O)NCC(c1ccccc1)c1c[nH]c2ccccc12.Cl. The number of carbonyl (C=O) groups excluding carboxylic acids is 1. The minimum Gasteiger partial charge on any atom is -0.361 e. The Hall–Kier alpha value is -2.30. The largest absolute Gasteiger partial charge is 0.361 e. The second-order valence-electron chi connectivity index (χ2n) is 6.26. The van der Waals surface area contributed by atoms with E-state index in [0.29, 0.717) is 13.0 Å². The Kier molecular flexibility index (Phi) is 7.70. The highest BCUT2D eigenvalue weighted by molar-refractivity contribution is 5.85. The topological polar surface area (TPSA) is 56.9 Å². The molecule has 3 rings (SSSR count). The van der Waals surface area contributed by atoms with Crippen LogP contribution in [-0.2, 0) is 4.79 Å². The lowest BCUT2D eigenvalue weighted by molar-refractivity contribution is -0.121. The van der Waals surface area contributed by atoms with E-state index in [-0.39, 0.29) is 24.2 Å². The van der Waals surface area contributed by atoms with Crippen molar-refractivity contribution < 1.29 is 4.79 Å². The summed E-state index contributed by atoms with van der Waals surface area (Å²) in [7, 11) is 1.90. The Balaban J connectivity index is 0.00000243. The molecule has 0 fully saturated rings. The van der Waals surface area contributed by atoms with Gasteiger partial charge in [0.1, 0.15) is 0 Å². The monoisotopic (exact) mass is 371 g/mol. The van der Waals surface area contributed by atoms with E-state index in [1.807, 2.05) is 31.3 Å². The van der Waals surface area contributed by atoms with E-state index in [1.165, 1.54) is 16.5 Å². The van der Waals surface area contributed by atoms with Gasteiger partial charge >= 0.3 is 0 Å². The summed E-state index contributed by atoms with van der Waals surface area (Å²) in [5.41, 5.74) is 3.55. The number of hydrogen-bond donors (Lipinski definition) is 3. The first-order chi connectivity index (χ1) is 12.3. The van der Waals surface area contributed by atoms with Crippen LogP contribution in [0.5, 0.6) is 0 Å². The van der Waals surface area contributed by atoms with E-state index in [4.69, 9.17) is 0 Å². The van der Waals surface area contributed by atoms with Gasteiger partial charge in [-0.05, 0) is 37.2 Å². The summed E-state index contributed by atoms with van der Waals surface area (Å²) >= 11 is 0. The van der Waals surface area contributed by atoms with Crippen LogP contribution in [0.4, 0.5) is 0 Å². The fourth-order valence-corrected chi connectivity index (χ4v) is 3.20. The van der Waals surface area contributed by atoms with Gasteiger partial charge in [-0.2, -0.15) is 0 Å². The Bertz CT molecular complexity index is 816. The molecule has 26 heavy (non-hydrogen) atoms. The number of para-hydroxylation sites is 1. The summed E-state index contributed by atoms with van der Waals surface area (Å²) in [6, 6.07) is 18.7. The number of benzene rings is 2. The summed E-state index contributed by atoms with van der Waals surface area (Å²) in [5.74, 6) is 0.238. The number of aromatic nitrogens is 1. The molecule has 2 aromatic carbocycles. The van der Waals surface area contributed by atoms with Crippen LogP contribution in [0.25, 0.3) is 10.9 Å². The Morgan fingerprint density at radius 2 is 1.81 bits per heavy atom. The summed E-state index contributed by atoms with van der Waals surface area (Å²) in [4.78, 5) is 15.5. The zero-order valence-electron chi connectivity index (χ0n) is 15.0. The van der Waals surface area contributed by atoms with Crippen molar-refractivity contribution in [1.29, 1.82) is 0 Å². The molecule has 1 aromatic heterocycles. The maximum atomic E-state index is 12.1. The van der Waals surface area contributed by atoms with Gasteiger partial charge in [-0.3, -0.25) is 4.79 Å². The van der Waals surface area contributed by atoms with E-state index in [9.17, 15) is 4.79 Å². The fraction of sp³-hybridized carbons (Fsp3) is 0.286. The number of halogens is 1. The molecular weight excluding hydrogens is 346 g/mol. The lowest BCUT2D eigenvalue weighted by atomic mass is 9.91. The molecule has 0 saturated heterocycles. The highest BCUT2D eigenvalue weighted by Crippen LogP contribution is 2.30. The normalized spacial score (nSPS) is 11.7. The van der Waals surface area contributed by atoms with E-state index in [1.54, 1.807) is 0 Å². The Morgan fingerprint density at radius 1 is 1.08 bits per heavy atom. The molecule has 1 amide bonds. The molecule has 0 radical (unpaired) electrons. The average molecular weight is 372 g/mol. The van der Waals surface area contributed by atoms with Gasteiger partial charge in [0.15, 0.2) is 0 Å². The summed E-state index contributed by atoms with van der Waals surface area (Å²) in [5, 5.41) is 7.39. The van der Waals surface area contributed by atoms with Crippen LogP contribution in [0.15, 0.2) is 60.8 Å². The quantitative estimate of drug-likeness (QED) is 0.527. The standard InChI is InChI=1S/C21H25N3O.ClH/c1-22-13-7-12-21(25)24-14-18(16-8-3-2-4-9-16)19-15-23-20-11-6-5-10-17(19)20;/h2-6,8-11,15,18,22-23H,7,12-14H2,1H3,(H,24,25);1H. The van der Waals surface area contributed by atoms with Gasteiger partial charge < -0.3 is 15.6 Å². The van der Waals surface area contributed by atoms with Crippen molar-refractivity contribution in [3.8, 4) is 0 Å². The molecule has 5 heteroatoms. The first-order valence-electron chi connectivity index (χ1n) is 8.82. The van der Waals surface area contributed by atoms with Crippen LogP contribution in [-0.4, -0.2) is 31.0 Å². The van der Waals surface area contributed by atoms with Crippen LogP contribution in [0, 0.1) is 0 Å². The van der Waals surface area contributed by atoms with E-state index in [2.05, 4.69) is 52.1 Å². The second kappa shape index (κ2) is 10.00. The number of nitrogens with one attached hydrogen (secondary N) is 3. The van der Waals surface area contributed by atoms with Crippen molar-refractivity contribution in [2.24, 2.45) is 0 Å². The third-order valence-corrected chi connectivity index (χ3v) is 4.53. The van der Waals surface area contributed by atoms with E-state index < -0.39 is 0 Å². The van der Waals surface area contributed by atoms with Crippen molar-refractivity contribution in [1.82, 2.24) is 15.6 Å². The van der Waals surface area contributed by atoms with Gasteiger partial charge in [0, 0.05) is 36.0 Å². The summed E-state index contributed by atoms with van der Waals surface area (Å²) in [6.07, 6.45) is 3.47. The minimum atomic E-state index is 0. The molecule has 0 aliphatic heterocycles. The van der Waals surface area contributed by atoms with Gasteiger partial charge in [-0.25, -0.2) is 0 Å². The van der Waals surface area contributed by atoms with Crippen molar-refractivity contribution in [3.05, 3.63) is 71.9 Å². The predicted molar refractivity (Wildman–Crippen MR) is 110 cm³/mol. The van der Waals surface area contributed by atoms with E-state index in [0.717, 1.165) is 18.5 Å². The number of carbonyl (C=O) groups is 1. The lowest BCUT2D eigenvalue weighted by Gasteiger charge is -2.18. The number of fused-ring (bicyclic) bond motifs is 1. The Labute approximate surface area is 160 Å². The number of amides is 1. The summed E-state index contributed by atoms with van der Waals surface area (Å²) in [6.45, 7) is 1.46. The molecule has 3 N–H and O–H groups in total. The molecule has 138 valence electrons. The van der Waals surface area contributed by atoms with Gasteiger partial charge in [0.25, 0.3) is 0 Å². The van der Waals surface area contributed by atoms with E-state index >= 15 is 0 Å².